The second kappa shape index (κ2) is 10.3. The van der Waals surface area contributed by atoms with Gasteiger partial charge in [0.05, 0.1) is 16.0 Å². The highest BCUT2D eigenvalue weighted by atomic mass is 32.1. The second-order valence-electron chi connectivity index (χ2n) is 8.48. The number of anilines is 1. The van der Waals surface area contributed by atoms with Crippen molar-refractivity contribution in [2.75, 3.05) is 18.4 Å². The first-order chi connectivity index (χ1) is 17.3. The van der Waals surface area contributed by atoms with Crippen LogP contribution in [0.3, 0.4) is 0 Å². The summed E-state index contributed by atoms with van der Waals surface area (Å²) in [6, 6.07) is 15.9. The van der Waals surface area contributed by atoms with E-state index >= 15 is 0 Å². The number of fused-ring (bicyclic) bond motifs is 1. The third-order valence-corrected chi connectivity index (χ3v) is 7.38. The van der Waals surface area contributed by atoms with Crippen molar-refractivity contribution < 1.29 is 9.59 Å². The minimum absolute atomic E-state index is 0.201. The van der Waals surface area contributed by atoms with Crippen LogP contribution in [-0.2, 0) is 11.3 Å². The molecule has 0 bridgehead atoms. The molecule has 4 aromatic rings. The van der Waals surface area contributed by atoms with Gasteiger partial charge in [-0.2, -0.15) is 0 Å². The van der Waals surface area contributed by atoms with Gasteiger partial charge in [-0.05, 0) is 63.1 Å². The largest absolute Gasteiger partial charge is 0.338 e. The molecule has 0 radical (unpaired) electrons. The molecule has 0 aliphatic carbocycles. The molecule has 0 unspecified atom stereocenters. The van der Waals surface area contributed by atoms with E-state index in [4.69, 9.17) is 0 Å². The molecule has 4 rings (SSSR count). The normalized spacial score (nSPS) is 11.0. The molecule has 0 atom stereocenters. The molecule has 36 heavy (non-hydrogen) atoms. The van der Waals surface area contributed by atoms with Gasteiger partial charge in [0.2, 0.25) is 5.91 Å². The van der Waals surface area contributed by atoms with Crippen molar-refractivity contribution in [1.82, 2.24) is 14.0 Å². The number of benzene rings is 2. The Morgan fingerprint density at radius 3 is 2.31 bits per heavy atom. The van der Waals surface area contributed by atoms with Gasteiger partial charge < -0.3 is 10.2 Å². The Kier molecular flexibility index (Phi) is 7.21. The summed E-state index contributed by atoms with van der Waals surface area (Å²) in [5.74, 6) is -0.613. The Hall–Kier alpha value is -3.98. The Bertz CT molecular complexity index is 1560. The summed E-state index contributed by atoms with van der Waals surface area (Å²) in [5, 5.41) is 3.09. The number of nitrogens with zero attached hydrogens (tertiary/aromatic N) is 3. The number of amides is 2. The van der Waals surface area contributed by atoms with Gasteiger partial charge >= 0.3 is 5.69 Å². The zero-order valence-electron chi connectivity index (χ0n) is 20.7. The van der Waals surface area contributed by atoms with E-state index in [9.17, 15) is 19.2 Å². The molecule has 1 N–H and O–H groups in total. The Morgan fingerprint density at radius 1 is 0.972 bits per heavy atom. The molecule has 2 amide bonds. The molecule has 9 heteroatoms. The summed E-state index contributed by atoms with van der Waals surface area (Å²) in [5.41, 5.74) is 1.35. The summed E-state index contributed by atoms with van der Waals surface area (Å²) in [6.07, 6.45) is 0. The number of nitrogens with one attached hydrogen (secondary N) is 1. The average Bonchev–Trinajstić information content (AvgIpc) is 3.20. The van der Waals surface area contributed by atoms with Crippen LogP contribution in [0.5, 0.6) is 0 Å². The number of rotatable bonds is 7. The Morgan fingerprint density at radius 2 is 1.67 bits per heavy atom. The summed E-state index contributed by atoms with van der Waals surface area (Å²) in [6.45, 7) is 8.13. The van der Waals surface area contributed by atoms with Crippen molar-refractivity contribution in [1.29, 1.82) is 0 Å². The topological polar surface area (TPSA) is 93.4 Å². The maximum Gasteiger partial charge on any atom is 0.337 e. The molecule has 8 nitrogen and oxygen atoms in total. The smallest absolute Gasteiger partial charge is 0.337 e. The molecule has 0 spiro atoms. The van der Waals surface area contributed by atoms with Crippen molar-refractivity contribution in [2.45, 2.75) is 34.2 Å². The van der Waals surface area contributed by atoms with Crippen molar-refractivity contribution in [3.05, 3.63) is 91.4 Å². The third kappa shape index (κ3) is 4.61. The van der Waals surface area contributed by atoms with E-state index in [1.54, 1.807) is 48.2 Å². The average molecular weight is 505 g/mol. The maximum absolute atomic E-state index is 13.6. The van der Waals surface area contributed by atoms with Crippen LogP contribution in [0.15, 0.2) is 64.2 Å². The van der Waals surface area contributed by atoms with E-state index in [1.807, 2.05) is 39.0 Å². The molecule has 2 aromatic heterocycles. The van der Waals surface area contributed by atoms with Crippen LogP contribution in [0.4, 0.5) is 5.69 Å². The predicted molar refractivity (Wildman–Crippen MR) is 143 cm³/mol. The van der Waals surface area contributed by atoms with E-state index in [0.29, 0.717) is 39.7 Å². The molecule has 0 aliphatic heterocycles. The minimum Gasteiger partial charge on any atom is -0.338 e. The summed E-state index contributed by atoms with van der Waals surface area (Å²) >= 11 is 1.08. The van der Waals surface area contributed by atoms with Gasteiger partial charge in [-0.1, -0.05) is 30.3 Å². The van der Waals surface area contributed by atoms with E-state index in [2.05, 4.69) is 5.32 Å². The lowest BCUT2D eigenvalue weighted by molar-refractivity contribution is -0.116. The number of carbonyl (C=O) groups is 2. The summed E-state index contributed by atoms with van der Waals surface area (Å²) < 4.78 is 2.35. The standard InChI is InChI=1S/C27H28N4O4S/c1-5-29(6-2)25(34)23-18(4)22-24(33)31(20-13-8-7-9-14-20)27(35)30(26(22)36-23)16-21(32)28-19-12-10-11-17(3)15-19/h7-15H,5-6,16H2,1-4H3,(H,28,32). The van der Waals surface area contributed by atoms with E-state index in [0.717, 1.165) is 21.5 Å². The molecule has 0 saturated heterocycles. The lowest BCUT2D eigenvalue weighted by Crippen LogP contribution is -2.40. The number of hydrogen-bond acceptors (Lipinski definition) is 5. The van der Waals surface area contributed by atoms with Crippen LogP contribution in [-0.4, -0.2) is 38.9 Å². The fourth-order valence-electron chi connectivity index (χ4n) is 4.22. The second-order valence-corrected chi connectivity index (χ2v) is 9.48. The van der Waals surface area contributed by atoms with Gasteiger partial charge in [0.1, 0.15) is 11.4 Å². The zero-order chi connectivity index (χ0) is 26.0. The number of aromatic nitrogens is 2. The van der Waals surface area contributed by atoms with E-state index in [-0.39, 0.29) is 17.8 Å². The maximum atomic E-state index is 13.6. The monoisotopic (exact) mass is 504 g/mol. The summed E-state index contributed by atoms with van der Waals surface area (Å²) in [7, 11) is 0. The van der Waals surface area contributed by atoms with Crippen LogP contribution in [0.1, 0.15) is 34.6 Å². The minimum atomic E-state index is -0.638. The Labute approximate surface area is 212 Å². The molecular weight excluding hydrogens is 476 g/mol. The van der Waals surface area contributed by atoms with Crippen molar-refractivity contribution >= 4 is 39.1 Å². The van der Waals surface area contributed by atoms with Crippen LogP contribution < -0.4 is 16.6 Å². The highest BCUT2D eigenvalue weighted by molar-refractivity contribution is 7.20. The molecule has 2 aromatic carbocycles. The molecule has 186 valence electrons. The first kappa shape index (κ1) is 25.1. The molecule has 0 fully saturated rings. The number of hydrogen-bond donors (Lipinski definition) is 1. The number of para-hydroxylation sites is 1. The van der Waals surface area contributed by atoms with E-state index < -0.39 is 17.2 Å². The van der Waals surface area contributed by atoms with Gasteiger partial charge in [-0.25, -0.2) is 9.36 Å². The fraction of sp³-hybridized carbons (Fsp3) is 0.259. The Balaban J connectivity index is 1.92. The number of aryl methyl sites for hydroxylation is 2. The van der Waals surface area contributed by atoms with Crippen LogP contribution in [0, 0.1) is 13.8 Å². The van der Waals surface area contributed by atoms with Crippen LogP contribution in [0.2, 0.25) is 0 Å². The first-order valence-electron chi connectivity index (χ1n) is 11.8. The van der Waals surface area contributed by atoms with Crippen molar-refractivity contribution in [3.8, 4) is 5.69 Å². The third-order valence-electron chi connectivity index (χ3n) is 6.08. The quantitative estimate of drug-likeness (QED) is 0.412. The van der Waals surface area contributed by atoms with Gasteiger partial charge in [0, 0.05) is 18.8 Å². The SMILES string of the molecule is CCN(CC)C(=O)c1sc2c(c1C)c(=O)n(-c1ccccc1)c(=O)n2CC(=O)Nc1cccc(C)c1. The molecule has 0 saturated carbocycles. The van der Waals surface area contributed by atoms with Gasteiger partial charge in [-0.3, -0.25) is 19.0 Å². The highest BCUT2D eigenvalue weighted by Crippen LogP contribution is 2.29. The van der Waals surface area contributed by atoms with Gasteiger partial charge in [0.15, 0.2) is 0 Å². The van der Waals surface area contributed by atoms with Gasteiger partial charge in [0.25, 0.3) is 11.5 Å². The zero-order valence-corrected chi connectivity index (χ0v) is 21.5. The molecule has 2 heterocycles. The van der Waals surface area contributed by atoms with Crippen molar-refractivity contribution in [2.24, 2.45) is 0 Å². The van der Waals surface area contributed by atoms with Crippen LogP contribution in [0.25, 0.3) is 15.9 Å². The van der Waals surface area contributed by atoms with Crippen LogP contribution >= 0.6 is 11.3 Å². The summed E-state index contributed by atoms with van der Waals surface area (Å²) in [4.78, 5) is 55.9. The van der Waals surface area contributed by atoms with E-state index in [1.165, 1.54) is 4.57 Å². The first-order valence-corrected chi connectivity index (χ1v) is 12.6. The fourth-order valence-corrected chi connectivity index (χ4v) is 5.48. The highest BCUT2D eigenvalue weighted by Gasteiger charge is 2.26. The van der Waals surface area contributed by atoms with Gasteiger partial charge in [-0.15, -0.1) is 11.3 Å². The van der Waals surface area contributed by atoms with Crippen molar-refractivity contribution in [3.63, 3.8) is 0 Å². The lowest BCUT2D eigenvalue weighted by atomic mass is 10.2. The number of thiophene rings is 1. The lowest BCUT2D eigenvalue weighted by Gasteiger charge is -2.17. The number of carbonyl (C=O) groups excluding carboxylic acids is 2. The predicted octanol–water partition coefficient (Wildman–Crippen LogP) is 3.95. The molecular formula is C27H28N4O4S. The molecule has 0 aliphatic rings.